The van der Waals surface area contributed by atoms with E-state index in [9.17, 15) is 5.11 Å². The molecule has 2 rings (SSSR count). The van der Waals surface area contributed by atoms with Gasteiger partial charge < -0.3 is 10.4 Å². The average molecular weight is 266 g/mol. The summed E-state index contributed by atoms with van der Waals surface area (Å²) in [4.78, 5) is 0.918. The molecule has 0 heterocycles. The molecule has 0 saturated carbocycles. The Kier molecular flexibility index (Phi) is 3.82. The molecule has 0 aliphatic carbocycles. The second-order valence-corrected chi connectivity index (χ2v) is 4.57. The zero-order valence-electron chi connectivity index (χ0n) is 9.02. The maximum Gasteiger partial charge on any atom is 0.139 e. The van der Waals surface area contributed by atoms with E-state index in [1.807, 2.05) is 36.4 Å². The highest BCUT2D eigenvalue weighted by atomic mass is 35.5. The lowest BCUT2D eigenvalue weighted by atomic mass is 10.2. The van der Waals surface area contributed by atoms with E-state index < -0.39 is 0 Å². The number of nitrogens with one attached hydrogen (secondary N) is 1. The smallest absolute Gasteiger partial charge is 0.139 e. The average Bonchev–Trinajstić information content (AvgIpc) is 2.33. The molecule has 0 spiro atoms. The van der Waals surface area contributed by atoms with E-state index in [-0.39, 0.29) is 5.75 Å². The Morgan fingerprint density at radius 2 is 1.82 bits per heavy atom. The number of hydrogen-bond donors (Lipinski definition) is 3. The van der Waals surface area contributed by atoms with Crippen LogP contribution >= 0.6 is 24.2 Å². The molecule has 0 unspecified atom stereocenters. The standard InChI is InChI=1S/C13H12ClNOS/c14-12-3-1-2-9(13(12)16)8-15-10-4-6-11(17)7-5-10/h1-7,15-17H,8H2. The molecule has 2 N–H and O–H groups in total. The van der Waals surface area contributed by atoms with Gasteiger partial charge in [-0.15, -0.1) is 12.6 Å². The summed E-state index contributed by atoms with van der Waals surface area (Å²) in [6.45, 7) is 0.526. The summed E-state index contributed by atoms with van der Waals surface area (Å²) in [7, 11) is 0. The van der Waals surface area contributed by atoms with Crippen molar-refractivity contribution in [2.24, 2.45) is 0 Å². The summed E-state index contributed by atoms with van der Waals surface area (Å²) in [6.07, 6.45) is 0. The van der Waals surface area contributed by atoms with Gasteiger partial charge in [-0.1, -0.05) is 23.7 Å². The summed E-state index contributed by atoms with van der Waals surface area (Å²) in [5.41, 5.74) is 1.75. The van der Waals surface area contributed by atoms with Gasteiger partial charge in [0.1, 0.15) is 5.75 Å². The topological polar surface area (TPSA) is 32.3 Å². The molecule has 0 atom stereocenters. The maximum atomic E-state index is 9.74. The normalized spacial score (nSPS) is 10.2. The highest BCUT2D eigenvalue weighted by Gasteiger charge is 2.04. The van der Waals surface area contributed by atoms with Crippen LogP contribution in [-0.2, 0) is 6.54 Å². The Labute approximate surface area is 111 Å². The van der Waals surface area contributed by atoms with Crippen LogP contribution in [0.15, 0.2) is 47.4 Å². The van der Waals surface area contributed by atoms with Crippen LogP contribution in [0.2, 0.25) is 5.02 Å². The number of halogens is 1. The zero-order valence-corrected chi connectivity index (χ0v) is 10.7. The molecule has 0 fully saturated rings. The second kappa shape index (κ2) is 5.34. The molecule has 2 aromatic rings. The first-order valence-electron chi connectivity index (χ1n) is 5.16. The molecule has 0 aliphatic heterocycles. The third-order valence-electron chi connectivity index (χ3n) is 2.42. The van der Waals surface area contributed by atoms with Crippen LogP contribution in [0.3, 0.4) is 0 Å². The Hall–Kier alpha value is -1.32. The molecule has 88 valence electrons. The van der Waals surface area contributed by atoms with Crippen molar-refractivity contribution < 1.29 is 5.11 Å². The fraction of sp³-hybridized carbons (Fsp3) is 0.0769. The Morgan fingerprint density at radius 1 is 1.12 bits per heavy atom. The van der Waals surface area contributed by atoms with Crippen LogP contribution in [0, 0.1) is 0 Å². The molecule has 0 saturated heterocycles. The van der Waals surface area contributed by atoms with E-state index in [4.69, 9.17) is 11.6 Å². The van der Waals surface area contributed by atoms with E-state index in [0.717, 1.165) is 16.1 Å². The molecular formula is C13H12ClNOS. The van der Waals surface area contributed by atoms with Gasteiger partial charge in [0.15, 0.2) is 0 Å². The summed E-state index contributed by atoms with van der Waals surface area (Å²) in [5.74, 6) is 0.132. The Balaban J connectivity index is 2.07. The minimum atomic E-state index is 0.132. The molecule has 0 aliphatic rings. The van der Waals surface area contributed by atoms with Gasteiger partial charge in [-0.3, -0.25) is 0 Å². The van der Waals surface area contributed by atoms with Crippen molar-refractivity contribution in [3.63, 3.8) is 0 Å². The van der Waals surface area contributed by atoms with Crippen LogP contribution in [0.5, 0.6) is 5.75 Å². The van der Waals surface area contributed by atoms with Crippen LogP contribution < -0.4 is 5.32 Å². The minimum absolute atomic E-state index is 0.132. The SMILES string of the molecule is Oc1c(Cl)cccc1CNc1ccc(S)cc1. The van der Waals surface area contributed by atoms with Gasteiger partial charge in [0, 0.05) is 22.7 Å². The third-order valence-corrected chi connectivity index (χ3v) is 3.02. The predicted octanol–water partition coefficient (Wildman–Crippen LogP) is 3.95. The summed E-state index contributed by atoms with van der Waals surface area (Å²) in [6, 6.07) is 13.0. The van der Waals surface area contributed by atoms with Crippen molar-refractivity contribution in [1.29, 1.82) is 0 Å². The summed E-state index contributed by atoms with van der Waals surface area (Å²) in [5, 5.41) is 13.3. The molecule has 2 nitrogen and oxygen atoms in total. The van der Waals surface area contributed by atoms with Crippen LogP contribution in [-0.4, -0.2) is 5.11 Å². The van der Waals surface area contributed by atoms with Gasteiger partial charge >= 0.3 is 0 Å². The lowest BCUT2D eigenvalue weighted by Crippen LogP contribution is -1.99. The van der Waals surface area contributed by atoms with Gasteiger partial charge in [-0.25, -0.2) is 0 Å². The monoisotopic (exact) mass is 265 g/mol. The molecule has 0 aromatic heterocycles. The van der Waals surface area contributed by atoms with E-state index >= 15 is 0 Å². The van der Waals surface area contributed by atoms with Crippen LogP contribution in [0.1, 0.15) is 5.56 Å². The van der Waals surface area contributed by atoms with Crippen molar-refractivity contribution in [3.05, 3.63) is 53.1 Å². The highest BCUT2D eigenvalue weighted by molar-refractivity contribution is 7.80. The number of hydrogen-bond acceptors (Lipinski definition) is 3. The number of anilines is 1. The Morgan fingerprint density at radius 3 is 2.53 bits per heavy atom. The minimum Gasteiger partial charge on any atom is -0.506 e. The largest absolute Gasteiger partial charge is 0.506 e. The van der Waals surface area contributed by atoms with E-state index in [0.29, 0.717) is 11.6 Å². The molecule has 2 aromatic carbocycles. The zero-order chi connectivity index (χ0) is 12.3. The fourth-order valence-electron chi connectivity index (χ4n) is 1.48. The molecule has 17 heavy (non-hydrogen) atoms. The van der Waals surface area contributed by atoms with Gasteiger partial charge in [0.05, 0.1) is 5.02 Å². The van der Waals surface area contributed by atoms with E-state index in [2.05, 4.69) is 17.9 Å². The van der Waals surface area contributed by atoms with E-state index in [1.165, 1.54) is 0 Å². The first-order chi connectivity index (χ1) is 8.16. The van der Waals surface area contributed by atoms with Crippen molar-refractivity contribution in [2.75, 3.05) is 5.32 Å². The highest BCUT2D eigenvalue weighted by Crippen LogP contribution is 2.27. The van der Waals surface area contributed by atoms with Crippen molar-refractivity contribution in [1.82, 2.24) is 0 Å². The van der Waals surface area contributed by atoms with Gasteiger partial charge in [0.25, 0.3) is 0 Å². The maximum absolute atomic E-state index is 9.74. The van der Waals surface area contributed by atoms with Gasteiger partial charge in [-0.05, 0) is 30.3 Å². The number of rotatable bonds is 3. The lowest BCUT2D eigenvalue weighted by molar-refractivity contribution is 0.469. The van der Waals surface area contributed by atoms with E-state index in [1.54, 1.807) is 6.07 Å². The number of phenols is 1. The van der Waals surface area contributed by atoms with Crippen LogP contribution in [0.4, 0.5) is 5.69 Å². The van der Waals surface area contributed by atoms with Gasteiger partial charge in [-0.2, -0.15) is 0 Å². The number of benzene rings is 2. The predicted molar refractivity (Wildman–Crippen MR) is 74.1 cm³/mol. The van der Waals surface area contributed by atoms with Gasteiger partial charge in [0.2, 0.25) is 0 Å². The first kappa shape index (κ1) is 12.1. The molecule has 4 heteroatoms. The fourth-order valence-corrected chi connectivity index (χ4v) is 1.82. The number of phenolic OH excluding ortho intramolecular Hbond substituents is 1. The first-order valence-corrected chi connectivity index (χ1v) is 5.98. The molecule has 0 bridgehead atoms. The summed E-state index contributed by atoms with van der Waals surface area (Å²) < 4.78 is 0. The second-order valence-electron chi connectivity index (χ2n) is 3.65. The molecule has 0 radical (unpaired) electrons. The number of thiol groups is 1. The Bertz CT molecular complexity index is 513. The lowest BCUT2D eigenvalue weighted by Gasteiger charge is -2.09. The quantitative estimate of drug-likeness (QED) is 0.735. The van der Waals surface area contributed by atoms with Crippen molar-refractivity contribution in [3.8, 4) is 5.75 Å². The van der Waals surface area contributed by atoms with Crippen molar-refractivity contribution in [2.45, 2.75) is 11.4 Å². The summed E-state index contributed by atoms with van der Waals surface area (Å²) >= 11 is 10.0. The molecule has 0 amide bonds. The molecular weight excluding hydrogens is 254 g/mol. The number of aromatic hydroxyl groups is 1. The third kappa shape index (κ3) is 3.08. The van der Waals surface area contributed by atoms with Crippen molar-refractivity contribution >= 4 is 29.9 Å². The van der Waals surface area contributed by atoms with Crippen LogP contribution in [0.25, 0.3) is 0 Å². The number of para-hydroxylation sites is 1.